The summed E-state index contributed by atoms with van der Waals surface area (Å²) in [4.78, 5) is 9.04. The predicted molar refractivity (Wildman–Crippen MR) is 85.7 cm³/mol. The Balaban J connectivity index is 1.83. The maximum absolute atomic E-state index is 4.64. The average Bonchev–Trinajstić information content (AvgIpc) is 2.86. The van der Waals surface area contributed by atoms with E-state index in [1.165, 1.54) is 19.3 Å². The lowest BCUT2D eigenvalue weighted by Gasteiger charge is -2.40. The summed E-state index contributed by atoms with van der Waals surface area (Å²) in [5.74, 6) is 1.75. The van der Waals surface area contributed by atoms with Gasteiger partial charge in [0.15, 0.2) is 11.5 Å². The lowest BCUT2D eigenvalue weighted by molar-refractivity contribution is 0.379. The van der Waals surface area contributed by atoms with Crippen molar-refractivity contribution in [3.63, 3.8) is 0 Å². The Morgan fingerprint density at radius 2 is 2.25 bits per heavy atom. The molecule has 1 aliphatic rings. The number of aromatic nitrogens is 3. The lowest BCUT2D eigenvalue weighted by atomic mass is 9.84. The summed E-state index contributed by atoms with van der Waals surface area (Å²) in [6.07, 6.45) is 11.9. The number of anilines is 2. The minimum Gasteiger partial charge on any atom is -0.369 e. The molecule has 0 radical (unpaired) electrons. The highest BCUT2D eigenvalue weighted by molar-refractivity contribution is 8.00. The molecule has 20 heavy (non-hydrogen) atoms. The SMILES string of the molecule is CCNc1cn2ccnc2c(NCC2(SC)CCC2)n1. The van der Waals surface area contributed by atoms with Gasteiger partial charge >= 0.3 is 0 Å². The van der Waals surface area contributed by atoms with Crippen LogP contribution in [0.4, 0.5) is 11.6 Å². The van der Waals surface area contributed by atoms with Gasteiger partial charge in [0.05, 0.1) is 6.20 Å². The molecule has 1 aliphatic carbocycles. The minimum atomic E-state index is 0.388. The van der Waals surface area contributed by atoms with Crippen LogP contribution in [0.2, 0.25) is 0 Å². The number of imidazole rings is 1. The molecule has 1 fully saturated rings. The molecule has 5 nitrogen and oxygen atoms in total. The maximum Gasteiger partial charge on any atom is 0.180 e. The van der Waals surface area contributed by atoms with Crippen molar-refractivity contribution in [3.8, 4) is 0 Å². The standard InChI is InChI=1S/C14H21N5S/c1-3-15-11-9-19-8-7-16-13(19)12(18-11)17-10-14(20-2)5-4-6-14/h7-9,15H,3-6,10H2,1-2H3,(H,17,18). The molecule has 0 aliphatic heterocycles. The molecule has 0 bridgehead atoms. The van der Waals surface area contributed by atoms with E-state index in [0.29, 0.717) is 4.75 Å². The van der Waals surface area contributed by atoms with E-state index in [0.717, 1.165) is 30.4 Å². The second kappa shape index (κ2) is 5.52. The van der Waals surface area contributed by atoms with Gasteiger partial charge in [-0.1, -0.05) is 6.42 Å². The number of fused-ring (bicyclic) bond motifs is 1. The van der Waals surface area contributed by atoms with E-state index < -0.39 is 0 Å². The first-order valence-electron chi connectivity index (χ1n) is 7.13. The van der Waals surface area contributed by atoms with Gasteiger partial charge < -0.3 is 15.0 Å². The third kappa shape index (κ3) is 2.44. The molecule has 6 heteroatoms. The van der Waals surface area contributed by atoms with E-state index in [4.69, 9.17) is 0 Å². The Labute approximate surface area is 123 Å². The molecule has 1 saturated carbocycles. The van der Waals surface area contributed by atoms with Gasteiger partial charge in [-0.05, 0) is 26.0 Å². The molecular weight excluding hydrogens is 270 g/mol. The summed E-state index contributed by atoms with van der Waals surface area (Å²) in [6, 6.07) is 0. The van der Waals surface area contributed by atoms with Crippen molar-refractivity contribution < 1.29 is 0 Å². The van der Waals surface area contributed by atoms with E-state index in [1.54, 1.807) is 0 Å². The van der Waals surface area contributed by atoms with E-state index in [1.807, 2.05) is 34.8 Å². The predicted octanol–water partition coefficient (Wildman–Crippen LogP) is 2.86. The third-order valence-corrected chi connectivity index (χ3v) is 5.43. The lowest BCUT2D eigenvalue weighted by Crippen LogP contribution is -2.40. The topological polar surface area (TPSA) is 54.2 Å². The fourth-order valence-electron chi connectivity index (χ4n) is 2.59. The third-order valence-electron chi connectivity index (χ3n) is 4.01. The monoisotopic (exact) mass is 291 g/mol. The second-order valence-corrected chi connectivity index (χ2v) is 6.53. The van der Waals surface area contributed by atoms with Gasteiger partial charge in [-0.15, -0.1) is 0 Å². The first-order valence-corrected chi connectivity index (χ1v) is 8.35. The maximum atomic E-state index is 4.64. The highest BCUT2D eigenvalue weighted by atomic mass is 32.2. The van der Waals surface area contributed by atoms with Crippen molar-refractivity contribution >= 4 is 29.0 Å². The number of thioether (sulfide) groups is 1. The molecule has 0 aromatic carbocycles. The summed E-state index contributed by atoms with van der Waals surface area (Å²) < 4.78 is 2.40. The van der Waals surface area contributed by atoms with Crippen molar-refractivity contribution in [3.05, 3.63) is 18.6 Å². The quantitative estimate of drug-likeness (QED) is 0.857. The van der Waals surface area contributed by atoms with E-state index in [2.05, 4.69) is 33.8 Å². The van der Waals surface area contributed by atoms with Crippen molar-refractivity contribution in [2.24, 2.45) is 0 Å². The van der Waals surface area contributed by atoms with Crippen LogP contribution in [0.5, 0.6) is 0 Å². The smallest absolute Gasteiger partial charge is 0.180 e. The molecule has 0 atom stereocenters. The summed E-state index contributed by atoms with van der Waals surface area (Å²) in [7, 11) is 0. The summed E-state index contributed by atoms with van der Waals surface area (Å²) in [5, 5.41) is 6.78. The van der Waals surface area contributed by atoms with Crippen LogP contribution in [0.3, 0.4) is 0 Å². The second-order valence-electron chi connectivity index (χ2n) is 5.26. The Kier molecular flexibility index (Phi) is 3.74. The molecule has 2 aromatic rings. The Morgan fingerprint density at radius 3 is 2.90 bits per heavy atom. The summed E-state index contributed by atoms with van der Waals surface area (Å²) in [5.41, 5.74) is 0.891. The zero-order chi connectivity index (χ0) is 14.0. The van der Waals surface area contributed by atoms with Crippen LogP contribution < -0.4 is 10.6 Å². The highest BCUT2D eigenvalue weighted by Crippen LogP contribution is 2.42. The number of hydrogen-bond donors (Lipinski definition) is 2. The highest BCUT2D eigenvalue weighted by Gasteiger charge is 2.36. The molecule has 0 amide bonds. The van der Waals surface area contributed by atoms with E-state index in [9.17, 15) is 0 Å². The summed E-state index contributed by atoms with van der Waals surface area (Å²) in [6.45, 7) is 3.89. The first kappa shape index (κ1) is 13.5. The van der Waals surface area contributed by atoms with Crippen LogP contribution in [0, 0.1) is 0 Å². The van der Waals surface area contributed by atoms with Gasteiger partial charge in [0.2, 0.25) is 0 Å². The van der Waals surface area contributed by atoms with Crippen LogP contribution >= 0.6 is 11.8 Å². The van der Waals surface area contributed by atoms with Crippen molar-refractivity contribution in [2.45, 2.75) is 30.9 Å². The minimum absolute atomic E-state index is 0.388. The Hall–Kier alpha value is -1.43. The van der Waals surface area contributed by atoms with Gasteiger partial charge in [-0.25, -0.2) is 9.97 Å². The van der Waals surface area contributed by atoms with Crippen molar-refractivity contribution in [2.75, 3.05) is 30.0 Å². The molecular formula is C14H21N5S. The molecule has 2 heterocycles. The fraction of sp³-hybridized carbons (Fsp3) is 0.571. The van der Waals surface area contributed by atoms with Gasteiger partial charge in [-0.3, -0.25) is 0 Å². The Morgan fingerprint density at radius 1 is 1.40 bits per heavy atom. The number of nitrogens with zero attached hydrogens (tertiary/aromatic N) is 3. The average molecular weight is 291 g/mol. The molecule has 0 spiro atoms. The zero-order valence-electron chi connectivity index (χ0n) is 12.0. The van der Waals surface area contributed by atoms with Gasteiger partial charge in [0.25, 0.3) is 0 Å². The number of hydrogen-bond acceptors (Lipinski definition) is 5. The normalized spacial score (nSPS) is 16.9. The summed E-state index contributed by atoms with van der Waals surface area (Å²) >= 11 is 1.97. The molecule has 0 saturated heterocycles. The zero-order valence-corrected chi connectivity index (χ0v) is 12.8. The molecule has 2 aromatic heterocycles. The van der Waals surface area contributed by atoms with Crippen molar-refractivity contribution in [1.82, 2.24) is 14.4 Å². The number of nitrogens with one attached hydrogen (secondary N) is 2. The fourth-order valence-corrected chi connectivity index (χ4v) is 3.50. The number of rotatable bonds is 6. The van der Waals surface area contributed by atoms with Crippen LogP contribution in [0.15, 0.2) is 18.6 Å². The molecule has 3 rings (SSSR count). The van der Waals surface area contributed by atoms with E-state index in [-0.39, 0.29) is 0 Å². The van der Waals surface area contributed by atoms with Crippen molar-refractivity contribution in [1.29, 1.82) is 0 Å². The van der Waals surface area contributed by atoms with Crippen LogP contribution in [0.25, 0.3) is 5.65 Å². The van der Waals surface area contributed by atoms with Gasteiger partial charge in [-0.2, -0.15) is 11.8 Å². The van der Waals surface area contributed by atoms with Crippen LogP contribution in [-0.2, 0) is 0 Å². The Bertz CT molecular complexity index is 585. The van der Waals surface area contributed by atoms with Gasteiger partial charge in [0, 0.05) is 30.2 Å². The molecule has 0 unspecified atom stereocenters. The van der Waals surface area contributed by atoms with Crippen LogP contribution in [-0.4, -0.2) is 38.5 Å². The van der Waals surface area contributed by atoms with Crippen LogP contribution in [0.1, 0.15) is 26.2 Å². The van der Waals surface area contributed by atoms with Gasteiger partial charge in [0.1, 0.15) is 5.82 Å². The largest absolute Gasteiger partial charge is 0.369 e. The molecule has 108 valence electrons. The van der Waals surface area contributed by atoms with E-state index >= 15 is 0 Å². The first-order chi connectivity index (χ1) is 9.76. The molecule has 2 N–H and O–H groups in total.